The van der Waals surface area contributed by atoms with E-state index in [0.717, 1.165) is 31.7 Å². The van der Waals surface area contributed by atoms with Crippen LogP contribution in [0.25, 0.3) is 0 Å². The van der Waals surface area contributed by atoms with Gasteiger partial charge < -0.3 is 10.1 Å². The monoisotopic (exact) mass is 240 g/mol. The molecule has 2 rings (SSSR count). The standard InChI is InChI=1S/C14H28N2O/c1-3-15-12(2)13-5-4-8-16(11-13)14-6-9-17-10-7-14/h12-15H,3-11H2,1-2H3. The lowest BCUT2D eigenvalue weighted by molar-refractivity contribution is 0.0144. The third-order valence-electron chi connectivity index (χ3n) is 4.43. The molecule has 2 aliphatic heterocycles. The smallest absolute Gasteiger partial charge is 0.0480 e. The fourth-order valence-corrected chi connectivity index (χ4v) is 3.32. The molecular formula is C14H28N2O. The molecule has 2 atom stereocenters. The predicted molar refractivity (Wildman–Crippen MR) is 71.3 cm³/mol. The van der Waals surface area contributed by atoms with Crippen molar-refractivity contribution in [3.63, 3.8) is 0 Å². The Morgan fingerprint density at radius 2 is 2.06 bits per heavy atom. The van der Waals surface area contributed by atoms with E-state index in [2.05, 4.69) is 24.1 Å². The maximum absolute atomic E-state index is 5.46. The van der Waals surface area contributed by atoms with Crippen LogP contribution in [0.2, 0.25) is 0 Å². The highest BCUT2D eigenvalue weighted by Gasteiger charge is 2.29. The normalized spacial score (nSPS) is 30.4. The van der Waals surface area contributed by atoms with Gasteiger partial charge in [0.15, 0.2) is 0 Å². The van der Waals surface area contributed by atoms with Gasteiger partial charge in [0.1, 0.15) is 0 Å². The lowest BCUT2D eigenvalue weighted by Gasteiger charge is -2.41. The molecule has 0 aromatic heterocycles. The highest BCUT2D eigenvalue weighted by molar-refractivity contribution is 4.84. The molecule has 0 amide bonds. The maximum Gasteiger partial charge on any atom is 0.0480 e. The molecule has 0 spiro atoms. The van der Waals surface area contributed by atoms with Crippen molar-refractivity contribution in [2.45, 2.75) is 51.6 Å². The Balaban J connectivity index is 1.83. The topological polar surface area (TPSA) is 24.5 Å². The molecule has 0 saturated carbocycles. The number of piperidine rings is 1. The van der Waals surface area contributed by atoms with Crippen LogP contribution in [0.1, 0.15) is 39.5 Å². The molecule has 0 radical (unpaired) electrons. The minimum Gasteiger partial charge on any atom is -0.381 e. The van der Waals surface area contributed by atoms with Crippen LogP contribution >= 0.6 is 0 Å². The lowest BCUT2D eigenvalue weighted by atomic mass is 9.90. The van der Waals surface area contributed by atoms with Crippen LogP contribution in [0.4, 0.5) is 0 Å². The zero-order chi connectivity index (χ0) is 12.1. The van der Waals surface area contributed by atoms with Gasteiger partial charge in [-0.25, -0.2) is 0 Å². The van der Waals surface area contributed by atoms with Crippen molar-refractivity contribution < 1.29 is 4.74 Å². The van der Waals surface area contributed by atoms with Gasteiger partial charge >= 0.3 is 0 Å². The van der Waals surface area contributed by atoms with Gasteiger partial charge in [0.2, 0.25) is 0 Å². The molecule has 0 aromatic carbocycles. The minimum atomic E-state index is 0.669. The average Bonchev–Trinajstić information content (AvgIpc) is 2.40. The number of nitrogens with zero attached hydrogens (tertiary/aromatic N) is 1. The van der Waals surface area contributed by atoms with E-state index in [1.807, 2.05) is 0 Å². The molecule has 2 unspecified atom stereocenters. The van der Waals surface area contributed by atoms with Crippen LogP contribution in [0.15, 0.2) is 0 Å². The SMILES string of the molecule is CCNC(C)C1CCCN(C2CCOCC2)C1. The van der Waals surface area contributed by atoms with E-state index >= 15 is 0 Å². The molecule has 2 aliphatic rings. The molecule has 1 N–H and O–H groups in total. The first-order valence-corrected chi connectivity index (χ1v) is 7.36. The predicted octanol–water partition coefficient (Wildman–Crippen LogP) is 1.88. The Hall–Kier alpha value is -0.120. The van der Waals surface area contributed by atoms with E-state index in [-0.39, 0.29) is 0 Å². The molecule has 3 nitrogen and oxygen atoms in total. The van der Waals surface area contributed by atoms with Gasteiger partial charge in [0.05, 0.1) is 0 Å². The molecule has 100 valence electrons. The fraction of sp³-hybridized carbons (Fsp3) is 1.00. The molecule has 0 bridgehead atoms. The van der Waals surface area contributed by atoms with Crippen LogP contribution in [0.3, 0.4) is 0 Å². The number of hydrogen-bond acceptors (Lipinski definition) is 3. The maximum atomic E-state index is 5.46. The van der Waals surface area contributed by atoms with Gasteiger partial charge in [-0.2, -0.15) is 0 Å². The van der Waals surface area contributed by atoms with E-state index in [4.69, 9.17) is 4.74 Å². The first-order chi connectivity index (χ1) is 8.31. The second kappa shape index (κ2) is 6.72. The Labute approximate surface area is 106 Å². The minimum absolute atomic E-state index is 0.669. The van der Waals surface area contributed by atoms with Gasteiger partial charge in [-0.1, -0.05) is 6.92 Å². The summed E-state index contributed by atoms with van der Waals surface area (Å²) < 4.78 is 5.46. The molecule has 17 heavy (non-hydrogen) atoms. The van der Waals surface area contributed by atoms with Crippen LogP contribution in [-0.4, -0.2) is 49.8 Å². The molecule has 2 saturated heterocycles. The molecule has 3 heteroatoms. The third kappa shape index (κ3) is 3.67. The number of likely N-dealkylation sites (tertiary alicyclic amines) is 1. The lowest BCUT2D eigenvalue weighted by Crippen LogP contribution is -2.49. The Bertz CT molecular complexity index is 216. The summed E-state index contributed by atoms with van der Waals surface area (Å²) in [5, 5.41) is 3.59. The van der Waals surface area contributed by atoms with Gasteiger partial charge in [0.25, 0.3) is 0 Å². The third-order valence-corrected chi connectivity index (χ3v) is 4.43. The molecule has 2 fully saturated rings. The summed E-state index contributed by atoms with van der Waals surface area (Å²) in [7, 11) is 0. The summed E-state index contributed by atoms with van der Waals surface area (Å²) in [6.45, 7) is 10.2. The molecular weight excluding hydrogens is 212 g/mol. The van der Waals surface area contributed by atoms with Crippen molar-refractivity contribution in [2.75, 3.05) is 32.8 Å². The summed E-state index contributed by atoms with van der Waals surface area (Å²) in [4.78, 5) is 2.73. The Kier molecular flexibility index (Phi) is 5.26. The number of ether oxygens (including phenoxy) is 1. The number of hydrogen-bond donors (Lipinski definition) is 1. The van der Waals surface area contributed by atoms with Crippen molar-refractivity contribution in [3.05, 3.63) is 0 Å². The van der Waals surface area contributed by atoms with Crippen molar-refractivity contribution >= 4 is 0 Å². The van der Waals surface area contributed by atoms with Crippen LogP contribution in [-0.2, 0) is 4.74 Å². The van der Waals surface area contributed by atoms with Gasteiger partial charge in [-0.15, -0.1) is 0 Å². The summed E-state index contributed by atoms with van der Waals surface area (Å²) in [6, 6.07) is 1.46. The molecule has 0 aliphatic carbocycles. The summed E-state index contributed by atoms with van der Waals surface area (Å²) in [5.74, 6) is 0.839. The fourth-order valence-electron chi connectivity index (χ4n) is 3.32. The van der Waals surface area contributed by atoms with Crippen molar-refractivity contribution in [2.24, 2.45) is 5.92 Å². The Morgan fingerprint density at radius 1 is 1.29 bits per heavy atom. The quantitative estimate of drug-likeness (QED) is 0.812. The average molecular weight is 240 g/mol. The summed E-state index contributed by atoms with van der Waals surface area (Å²) >= 11 is 0. The summed E-state index contributed by atoms with van der Waals surface area (Å²) in [6.07, 6.45) is 5.25. The second-order valence-corrected chi connectivity index (χ2v) is 5.59. The van der Waals surface area contributed by atoms with Crippen molar-refractivity contribution in [1.29, 1.82) is 0 Å². The largest absolute Gasteiger partial charge is 0.381 e. The highest BCUT2D eigenvalue weighted by Crippen LogP contribution is 2.24. The zero-order valence-corrected chi connectivity index (χ0v) is 11.5. The zero-order valence-electron chi connectivity index (χ0n) is 11.5. The first kappa shape index (κ1) is 13.3. The van der Waals surface area contributed by atoms with E-state index < -0.39 is 0 Å². The van der Waals surface area contributed by atoms with E-state index in [1.165, 1.54) is 38.8 Å². The summed E-state index contributed by atoms with van der Waals surface area (Å²) in [5.41, 5.74) is 0. The molecule has 2 heterocycles. The second-order valence-electron chi connectivity index (χ2n) is 5.59. The van der Waals surface area contributed by atoms with Gasteiger partial charge in [-0.3, -0.25) is 4.90 Å². The van der Waals surface area contributed by atoms with Crippen molar-refractivity contribution in [1.82, 2.24) is 10.2 Å². The number of rotatable bonds is 4. The molecule has 0 aromatic rings. The van der Waals surface area contributed by atoms with Crippen LogP contribution in [0, 0.1) is 5.92 Å². The van der Waals surface area contributed by atoms with Gasteiger partial charge in [-0.05, 0) is 51.6 Å². The van der Waals surface area contributed by atoms with Crippen LogP contribution < -0.4 is 5.32 Å². The highest BCUT2D eigenvalue weighted by atomic mass is 16.5. The van der Waals surface area contributed by atoms with Crippen molar-refractivity contribution in [3.8, 4) is 0 Å². The van der Waals surface area contributed by atoms with E-state index in [9.17, 15) is 0 Å². The van der Waals surface area contributed by atoms with E-state index in [0.29, 0.717) is 6.04 Å². The first-order valence-electron chi connectivity index (χ1n) is 7.36. The Morgan fingerprint density at radius 3 is 2.76 bits per heavy atom. The van der Waals surface area contributed by atoms with Crippen LogP contribution in [0.5, 0.6) is 0 Å². The van der Waals surface area contributed by atoms with Gasteiger partial charge in [0, 0.05) is 31.8 Å². The van der Waals surface area contributed by atoms with E-state index in [1.54, 1.807) is 0 Å². The number of nitrogens with one attached hydrogen (secondary N) is 1.